The van der Waals surface area contributed by atoms with Gasteiger partial charge in [0, 0.05) is 67.4 Å². The monoisotopic (exact) mass is 488 g/mol. The van der Waals surface area contributed by atoms with Crippen LogP contribution in [0.4, 0.5) is 5.95 Å². The van der Waals surface area contributed by atoms with Gasteiger partial charge in [-0.2, -0.15) is 0 Å². The predicted molar refractivity (Wildman–Crippen MR) is 148 cm³/mol. The van der Waals surface area contributed by atoms with Crippen molar-refractivity contribution in [2.24, 2.45) is 5.92 Å². The van der Waals surface area contributed by atoms with Gasteiger partial charge in [-0.1, -0.05) is 27.4 Å². The lowest BCUT2D eigenvalue weighted by molar-refractivity contribution is 0.212. The summed E-state index contributed by atoms with van der Waals surface area (Å²) < 4.78 is 2.33. The quantitative estimate of drug-likeness (QED) is 0.416. The first-order valence-electron chi connectivity index (χ1n) is 13.1. The fourth-order valence-electron chi connectivity index (χ4n) is 4.77. The Kier molecular flexibility index (Phi) is 10.3. The average Bonchev–Trinajstić information content (AvgIpc) is 3.08. The smallest absolute Gasteiger partial charge is 0.225 e. The number of hydrogen-bond acceptors (Lipinski definition) is 6. The second-order valence-electron chi connectivity index (χ2n) is 8.77. The zero-order valence-electron chi connectivity index (χ0n) is 22.2. The van der Waals surface area contributed by atoms with Crippen LogP contribution in [0.2, 0.25) is 0 Å². The van der Waals surface area contributed by atoms with Crippen molar-refractivity contribution in [1.29, 1.82) is 0 Å². The Balaban J connectivity index is 0.00000176. The first-order chi connectivity index (χ1) is 17.7. The molecule has 7 nitrogen and oxygen atoms in total. The molecule has 1 fully saturated rings. The zero-order valence-corrected chi connectivity index (χ0v) is 22.2. The van der Waals surface area contributed by atoms with Crippen LogP contribution in [0.15, 0.2) is 48.8 Å². The van der Waals surface area contributed by atoms with Crippen LogP contribution in [0.5, 0.6) is 0 Å². The number of hydroxylamine groups is 1. The molecule has 0 spiro atoms. The zero-order chi connectivity index (χ0) is 25.9. The largest absolute Gasteiger partial charge is 0.347 e. The van der Waals surface area contributed by atoms with Gasteiger partial charge in [-0.3, -0.25) is 15.6 Å². The molecule has 1 aliphatic heterocycles. The second kappa shape index (κ2) is 13.7. The van der Waals surface area contributed by atoms with Crippen molar-refractivity contribution in [1.82, 2.24) is 24.9 Å². The SMILES string of the molecule is C=C=C(NO)c1cnc(N2CCC(CN(CC)Cc3cn(CC)c4c3=CC=C=CC=4)CC2)nc1.CC. The van der Waals surface area contributed by atoms with E-state index in [0.29, 0.717) is 17.2 Å². The number of allylic oxidation sites excluding steroid dienone is 1. The Morgan fingerprint density at radius 1 is 1.19 bits per heavy atom. The van der Waals surface area contributed by atoms with Crippen LogP contribution in [0.1, 0.15) is 51.7 Å². The molecule has 2 N–H and O–H groups in total. The minimum atomic E-state index is 0.374. The van der Waals surface area contributed by atoms with Crippen molar-refractivity contribution in [2.45, 2.75) is 53.6 Å². The number of aromatic nitrogens is 3. The van der Waals surface area contributed by atoms with Crippen molar-refractivity contribution < 1.29 is 5.21 Å². The summed E-state index contributed by atoms with van der Waals surface area (Å²) >= 11 is 0. The highest BCUT2D eigenvalue weighted by Gasteiger charge is 2.23. The van der Waals surface area contributed by atoms with E-state index in [1.807, 2.05) is 26.0 Å². The molecule has 1 aliphatic carbocycles. The number of anilines is 1. The van der Waals surface area contributed by atoms with E-state index < -0.39 is 0 Å². The first-order valence-corrected chi connectivity index (χ1v) is 13.1. The number of nitrogens with one attached hydrogen (secondary N) is 1. The Hall–Kier alpha value is -3.34. The van der Waals surface area contributed by atoms with E-state index in [1.165, 1.54) is 16.1 Å². The summed E-state index contributed by atoms with van der Waals surface area (Å²) in [6.45, 7) is 18.0. The molecule has 192 valence electrons. The molecule has 1 saturated heterocycles. The van der Waals surface area contributed by atoms with Crippen LogP contribution < -0.4 is 20.9 Å². The third-order valence-corrected chi connectivity index (χ3v) is 6.74. The highest BCUT2D eigenvalue weighted by Crippen LogP contribution is 2.22. The maximum atomic E-state index is 9.13. The van der Waals surface area contributed by atoms with E-state index in [1.54, 1.807) is 12.4 Å². The fourth-order valence-corrected chi connectivity index (χ4v) is 4.77. The topological polar surface area (TPSA) is 69.5 Å². The van der Waals surface area contributed by atoms with E-state index in [-0.39, 0.29) is 0 Å². The molecule has 2 aliphatic rings. The highest BCUT2D eigenvalue weighted by molar-refractivity contribution is 5.61. The van der Waals surface area contributed by atoms with E-state index in [0.717, 1.165) is 58.1 Å². The van der Waals surface area contributed by atoms with Gasteiger partial charge in [0.2, 0.25) is 5.95 Å². The summed E-state index contributed by atoms with van der Waals surface area (Å²) in [7, 11) is 0. The molecule has 4 rings (SSSR count). The molecule has 7 heteroatoms. The Morgan fingerprint density at radius 2 is 1.89 bits per heavy atom. The lowest BCUT2D eigenvalue weighted by Gasteiger charge is -2.34. The molecule has 2 aromatic rings. The number of rotatable bonds is 9. The van der Waals surface area contributed by atoms with Gasteiger partial charge in [-0.25, -0.2) is 9.97 Å². The minimum Gasteiger partial charge on any atom is -0.347 e. The maximum Gasteiger partial charge on any atom is 0.225 e. The third kappa shape index (κ3) is 6.45. The molecule has 0 saturated carbocycles. The maximum absolute atomic E-state index is 9.13. The summed E-state index contributed by atoms with van der Waals surface area (Å²) in [6, 6.07) is 0. The number of aryl methyl sites for hydroxylation is 1. The van der Waals surface area contributed by atoms with Gasteiger partial charge in [-0.15, -0.1) is 11.5 Å². The van der Waals surface area contributed by atoms with Crippen LogP contribution >= 0.6 is 0 Å². The standard InChI is InChI=1S/C27H34N6O.C2H6/c1-4-25(30-34)22-16-28-27(29-17-22)33-14-12-21(13-15-33)18-31(5-2)19-23-20-32(6-3)26-11-9-7-8-10-24(23)26;1-2/h8-11,16-17,20-21,30,34H,1,5-6,12-15,18-19H2,2-3H3;1-2H3. The normalized spacial score (nSPS) is 14.7. The van der Waals surface area contributed by atoms with Gasteiger partial charge in [0.1, 0.15) is 5.70 Å². The lowest BCUT2D eigenvalue weighted by atomic mass is 9.96. The van der Waals surface area contributed by atoms with Crippen molar-refractivity contribution >= 4 is 23.8 Å². The summed E-state index contributed by atoms with van der Waals surface area (Å²) in [4.78, 5) is 13.8. The molecule has 0 amide bonds. The third-order valence-electron chi connectivity index (χ3n) is 6.74. The van der Waals surface area contributed by atoms with Crippen molar-refractivity contribution in [3.8, 4) is 0 Å². The van der Waals surface area contributed by atoms with Gasteiger partial charge in [0.25, 0.3) is 0 Å². The van der Waals surface area contributed by atoms with Crippen LogP contribution in [-0.2, 0) is 13.1 Å². The molecule has 0 unspecified atom stereocenters. The molecule has 0 bridgehead atoms. The van der Waals surface area contributed by atoms with Crippen molar-refractivity contribution in [2.75, 3.05) is 31.1 Å². The van der Waals surface area contributed by atoms with Crippen LogP contribution in [0, 0.1) is 5.92 Å². The van der Waals surface area contributed by atoms with E-state index in [2.05, 4.69) is 80.1 Å². The van der Waals surface area contributed by atoms with Gasteiger partial charge in [0.15, 0.2) is 0 Å². The Morgan fingerprint density at radius 3 is 2.50 bits per heavy atom. The number of hydrogen-bond donors (Lipinski definition) is 2. The second-order valence-corrected chi connectivity index (χ2v) is 8.77. The van der Waals surface area contributed by atoms with Gasteiger partial charge in [-0.05, 0) is 62.1 Å². The molecule has 0 atom stereocenters. The summed E-state index contributed by atoms with van der Waals surface area (Å²) in [5.41, 5.74) is 10.3. The Bertz CT molecular complexity index is 1220. The molecule has 2 aromatic heterocycles. The van der Waals surface area contributed by atoms with Gasteiger partial charge >= 0.3 is 0 Å². The Labute approximate surface area is 215 Å². The molecule has 0 radical (unpaired) electrons. The fraction of sp³-hybridized carbons (Fsp3) is 0.448. The first kappa shape index (κ1) is 27.3. The van der Waals surface area contributed by atoms with Gasteiger partial charge in [0.05, 0.1) is 0 Å². The van der Waals surface area contributed by atoms with E-state index >= 15 is 0 Å². The predicted octanol–water partition coefficient (Wildman–Crippen LogP) is 3.45. The summed E-state index contributed by atoms with van der Waals surface area (Å²) in [6.07, 6.45) is 16.3. The lowest BCUT2D eigenvalue weighted by Crippen LogP contribution is -2.40. The van der Waals surface area contributed by atoms with Crippen LogP contribution in [0.25, 0.3) is 17.8 Å². The van der Waals surface area contributed by atoms with Crippen LogP contribution in [-0.4, -0.2) is 50.8 Å². The molecular formula is C29H40N6O. The number of fused-ring (bicyclic) bond motifs is 1. The van der Waals surface area contributed by atoms with Crippen molar-refractivity contribution in [3.63, 3.8) is 0 Å². The number of nitrogens with zero attached hydrogens (tertiary/aromatic N) is 5. The van der Waals surface area contributed by atoms with Crippen molar-refractivity contribution in [3.05, 3.63) is 70.5 Å². The highest BCUT2D eigenvalue weighted by atomic mass is 16.5. The molecule has 0 aromatic carbocycles. The van der Waals surface area contributed by atoms with Crippen LogP contribution in [0.3, 0.4) is 0 Å². The average molecular weight is 489 g/mol. The summed E-state index contributed by atoms with van der Waals surface area (Å²) in [5.74, 6) is 1.39. The van der Waals surface area contributed by atoms with Gasteiger partial charge < -0.3 is 9.47 Å². The van der Waals surface area contributed by atoms with E-state index in [4.69, 9.17) is 5.21 Å². The molecular weight excluding hydrogens is 448 g/mol. The summed E-state index contributed by atoms with van der Waals surface area (Å²) in [5, 5.41) is 11.7. The van der Waals surface area contributed by atoms with E-state index in [9.17, 15) is 0 Å². The molecule has 3 heterocycles. The molecule has 36 heavy (non-hydrogen) atoms. The number of piperidine rings is 1. The minimum absolute atomic E-state index is 0.374.